The van der Waals surface area contributed by atoms with Crippen LogP contribution in [0, 0.1) is 0 Å². The summed E-state index contributed by atoms with van der Waals surface area (Å²) in [5.74, 6) is 0. The van der Waals surface area contributed by atoms with E-state index in [1.54, 1.807) is 6.08 Å². The number of isocyanates is 1. The summed E-state index contributed by atoms with van der Waals surface area (Å²) in [6, 6.07) is 1.71. The van der Waals surface area contributed by atoms with Gasteiger partial charge in [0.15, 0.2) is 0 Å². The van der Waals surface area contributed by atoms with Crippen molar-refractivity contribution in [3.05, 3.63) is 0 Å². The maximum absolute atomic E-state index is 9.94. The summed E-state index contributed by atoms with van der Waals surface area (Å²) in [4.78, 5) is 13.7. The Bertz CT molecular complexity index is 136. The zero-order chi connectivity index (χ0) is 8.53. The highest BCUT2D eigenvalue weighted by molar-refractivity contribution is 7.23. The predicted octanol–water partition coefficient (Wildman–Crippen LogP) is -1.56. The molecule has 5 heteroatoms. The monoisotopic (exact) mass is 203 g/mol. The van der Waals surface area contributed by atoms with Gasteiger partial charge in [-0.15, -0.1) is 0 Å². The van der Waals surface area contributed by atoms with Crippen LogP contribution in [-0.2, 0) is 4.79 Å². The first kappa shape index (κ1) is 11.0. The molecule has 0 N–H and O–H groups in total. The van der Waals surface area contributed by atoms with Gasteiger partial charge in [-0.2, -0.15) is 0 Å². The molecule has 0 aromatic heterocycles. The average molecular weight is 203 g/mol. The molecule has 1 atom stereocenters. The van der Waals surface area contributed by atoms with Crippen molar-refractivity contribution in [3.63, 3.8) is 0 Å². The van der Waals surface area contributed by atoms with E-state index in [-0.39, 0.29) is 0 Å². The summed E-state index contributed by atoms with van der Waals surface area (Å²) >= 11 is 0. The van der Waals surface area contributed by atoms with E-state index in [9.17, 15) is 4.79 Å². The molecular formula is C6H17NOSi3. The van der Waals surface area contributed by atoms with Crippen molar-refractivity contribution >= 4 is 33.4 Å². The molecule has 0 heterocycles. The van der Waals surface area contributed by atoms with E-state index in [1.807, 2.05) is 0 Å². The van der Waals surface area contributed by atoms with Gasteiger partial charge < -0.3 is 0 Å². The predicted molar refractivity (Wildman–Crippen MR) is 58.7 cm³/mol. The maximum atomic E-state index is 9.94. The Labute approximate surface area is 75.5 Å². The number of hydrogen-bond donors (Lipinski definition) is 0. The van der Waals surface area contributed by atoms with Crippen molar-refractivity contribution in [3.8, 4) is 0 Å². The first-order valence-corrected chi connectivity index (χ1v) is 15.1. The minimum Gasteiger partial charge on any atom is -0.211 e. The van der Waals surface area contributed by atoms with E-state index in [0.29, 0.717) is 23.6 Å². The molecule has 0 spiro atoms. The van der Waals surface area contributed by atoms with Crippen molar-refractivity contribution in [1.29, 1.82) is 0 Å². The van der Waals surface area contributed by atoms with Crippen LogP contribution >= 0.6 is 0 Å². The summed E-state index contributed by atoms with van der Waals surface area (Å²) in [6.07, 6.45) is 3.82. The molecule has 0 radical (unpaired) electrons. The third-order valence-electron chi connectivity index (χ3n) is 1.85. The second-order valence-corrected chi connectivity index (χ2v) is 19.3. The standard InChI is InChI=1S/C6H17NOSi3/c1-2-6(7-5-8)3-4-10-11-9/h6H,2-4,10-11H2,1,9H3. The number of hydrogen-bond acceptors (Lipinski definition) is 2. The molecule has 0 aromatic carbocycles. The fraction of sp³-hybridized carbons (Fsp3) is 0.833. The Kier molecular flexibility index (Phi) is 8.15. The number of aliphatic imine (C=N–C) groups is 1. The van der Waals surface area contributed by atoms with Crippen LogP contribution in [0.25, 0.3) is 0 Å². The van der Waals surface area contributed by atoms with Crippen LogP contribution in [0.3, 0.4) is 0 Å². The van der Waals surface area contributed by atoms with Gasteiger partial charge >= 0.3 is 0 Å². The minimum atomic E-state index is 0.294. The number of nitrogens with zero attached hydrogens (tertiary/aromatic N) is 1. The minimum absolute atomic E-state index is 0.294. The van der Waals surface area contributed by atoms with Gasteiger partial charge in [-0.05, 0) is 31.2 Å². The Hall–Kier alpha value is 0.0306. The van der Waals surface area contributed by atoms with E-state index in [0.717, 1.165) is 12.8 Å². The van der Waals surface area contributed by atoms with Crippen LogP contribution < -0.4 is 0 Å². The summed E-state index contributed by atoms with van der Waals surface area (Å²) < 4.78 is 0. The van der Waals surface area contributed by atoms with Crippen molar-refractivity contribution < 1.29 is 4.79 Å². The lowest BCUT2D eigenvalue weighted by atomic mass is 10.2. The summed E-state index contributed by atoms with van der Waals surface area (Å²) in [5, 5.41) is 0. The van der Waals surface area contributed by atoms with Crippen LogP contribution in [0.15, 0.2) is 4.99 Å². The maximum Gasteiger partial charge on any atom is 0.235 e. The van der Waals surface area contributed by atoms with Crippen LogP contribution in [0.2, 0.25) is 6.04 Å². The first-order valence-electron chi connectivity index (χ1n) is 4.42. The van der Waals surface area contributed by atoms with Crippen LogP contribution in [0.4, 0.5) is 0 Å². The van der Waals surface area contributed by atoms with Crippen molar-refractivity contribution in [1.82, 2.24) is 0 Å². The smallest absolute Gasteiger partial charge is 0.211 e. The lowest BCUT2D eigenvalue weighted by Crippen LogP contribution is -2.08. The van der Waals surface area contributed by atoms with Gasteiger partial charge in [0.2, 0.25) is 6.08 Å². The molecule has 0 fully saturated rings. The van der Waals surface area contributed by atoms with Crippen LogP contribution in [0.5, 0.6) is 0 Å². The Morgan fingerprint density at radius 1 is 1.73 bits per heavy atom. The highest BCUT2D eigenvalue weighted by Crippen LogP contribution is 2.04. The van der Waals surface area contributed by atoms with E-state index < -0.39 is 0 Å². The fourth-order valence-electron chi connectivity index (χ4n) is 1.06. The highest BCUT2D eigenvalue weighted by atomic mass is 29.5. The molecule has 1 unspecified atom stereocenters. The quantitative estimate of drug-likeness (QED) is 0.222. The second kappa shape index (κ2) is 8.13. The molecule has 11 heavy (non-hydrogen) atoms. The van der Waals surface area contributed by atoms with Gasteiger partial charge in [-0.25, -0.2) is 9.79 Å². The lowest BCUT2D eigenvalue weighted by molar-refractivity contribution is 0.550. The molecule has 0 aromatic rings. The molecular weight excluding hydrogens is 186 g/mol. The topological polar surface area (TPSA) is 29.4 Å². The highest BCUT2D eigenvalue weighted by Gasteiger charge is 2.01. The third kappa shape index (κ3) is 6.43. The Morgan fingerprint density at radius 2 is 2.45 bits per heavy atom. The van der Waals surface area contributed by atoms with Crippen LogP contribution in [-0.4, -0.2) is 39.5 Å². The number of rotatable bonds is 6. The molecule has 0 aliphatic carbocycles. The Morgan fingerprint density at radius 3 is 2.91 bits per heavy atom. The zero-order valence-electron chi connectivity index (χ0n) is 7.47. The fourth-order valence-corrected chi connectivity index (χ4v) is 9.19. The molecule has 0 aliphatic heterocycles. The summed E-state index contributed by atoms with van der Waals surface area (Å²) in [7, 11) is 2.35. The van der Waals surface area contributed by atoms with E-state index in [4.69, 9.17) is 0 Å². The normalized spacial score (nSPS) is 14.6. The van der Waals surface area contributed by atoms with Gasteiger partial charge in [-0.3, -0.25) is 0 Å². The van der Waals surface area contributed by atoms with Crippen molar-refractivity contribution in [2.24, 2.45) is 4.99 Å². The van der Waals surface area contributed by atoms with E-state index in [1.165, 1.54) is 15.8 Å². The number of carbonyl (C=O) groups excluding carboxylic acids is 1. The second-order valence-electron chi connectivity index (χ2n) is 2.78. The van der Waals surface area contributed by atoms with Gasteiger partial charge in [0.1, 0.15) is 0 Å². The average Bonchev–Trinajstić information content (AvgIpc) is 2.03. The largest absolute Gasteiger partial charge is 0.235 e. The van der Waals surface area contributed by atoms with Gasteiger partial charge in [0.25, 0.3) is 0 Å². The Balaban J connectivity index is 3.43. The molecule has 0 bridgehead atoms. The molecule has 64 valence electrons. The zero-order valence-corrected chi connectivity index (χ0v) is 12.3. The molecule has 2 nitrogen and oxygen atoms in total. The van der Waals surface area contributed by atoms with Crippen LogP contribution in [0.1, 0.15) is 19.8 Å². The molecule has 0 saturated heterocycles. The SMILES string of the molecule is CCC(CC[SiH2][SiH2][SiH3])N=C=O. The van der Waals surface area contributed by atoms with Gasteiger partial charge in [-0.1, -0.05) is 13.0 Å². The molecule has 0 saturated carbocycles. The summed E-state index contributed by atoms with van der Waals surface area (Å²) in [5.41, 5.74) is 0. The molecule has 0 aliphatic rings. The molecule has 0 rings (SSSR count). The van der Waals surface area contributed by atoms with Crippen molar-refractivity contribution in [2.45, 2.75) is 31.9 Å². The van der Waals surface area contributed by atoms with Gasteiger partial charge in [0, 0.05) is 9.04 Å². The van der Waals surface area contributed by atoms with E-state index in [2.05, 4.69) is 11.9 Å². The van der Waals surface area contributed by atoms with Gasteiger partial charge in [0.05, 0.1) is 6.04 Å². The molecule has 0 amide bonds. The summed E-state index contributed by atoms with van der Waals surface area (Å²) in [6.45, 7) is 2.09. The first-order chi connectivity index (χ1) is 5.35. The third-order valence-corrected chi connectivity index (χ3v) is 13.4. The van der Waals surface area contributed by atoms with E-state index >= 15 is 0 Å². The lowest BCUT2D eigenvalue weighted by Gasteiger charge is -2.04. The van der Waals surface area contributed by atoms with Crippen molar-refractivity contribution in [2.75, 3.05) is 0 Å².